The lowest BCUT2D eigenvalue weighted by Gasteiger charge is -2.07. The summed E-state index contributed by atoms with van der Waals surface area (Å²) in [5.41, 5.74) is 2.84. The van der Waals surface area contributed by atoms with Crippen molar-refractivity contribution in [1.29, 1.82) is 0 Å². The lowest BCUT2D eigenvalue weighted by Crippen LogP contribution is -2.24. The standard InChI is InChI=1S/C20H19BrN2O2S/c1-2-25-18-8-3-5-14(9-18)12-22-19(24)11-17-13-26-20(23-17)15-6-4-7-16(21)10-15/h3-10,13H,2,11-12H2,1H3,(H,22,24). The Labute approximate surface area is 165 Å². The van der Waals surface area contributed by atoms with Gasteiger partial charge in [-0.25, -0.2) is 4.98 Å². The van der Waals surface area contributed by atoms with Crippen LogP contribution in [0.25, 0.3) is 10.6 Å². The molecule has 0 aliphatic rings. The van der Waals surface area contributed by atoms with E-state index in [1.54, 1.807) is 11.3 Å². The summed E-state index contributed by atoms with van der Waals surface area (Å²) < 4.78 is 6.49. The van der Waals surface area contributed by atoms with Crippen molar-refractivity contribution in [2.45, 2.75) is 19.9 Å². The lowest BCUT2D eigenvalue weighted by atomic mass is 10.2. The van der Waals surface area contributed by atoms with Crippen LogP contribution in [0.3, 0.4) is 0 Å². The highest BCUT2D eigenvalue weighted by molar-refractivity contribution is 9.10. The van der Waals surface area contributed by atoms with Gasteiger partial charge in [0, 0.05) is 22.0 Å². The quantitative estimate of drug-likeness (QED) is 0.583. The zero-order valence-electron chi connectivity index (χ0n) is 14.4. The van der Waals surface area contributed by atoms with Crippen LogP contribution in [0.5, 0.6) is 5.75 Å². The van der Waals surface area contributed by atoms with Crippen molar-refractivity contribution in [3.8, 4) is 16.3 Å². The summed E-state index contributed by atoms with van der Waals surface area (Å²) in [6.07, 6.45) is 0.273. The molecular formula is C20H19BrN2O2S. The molecule has 1 heterocycles. The maximum atomic E-state index is 12.2. The molecule has 1 aromatic heterocycles. The number of amides is 1. The average molecular weight is 431 g/mol. The molecule has 0 saturated carbocycles. The first-order valence-electron chi connectivity index (χ1n) is 8.33. The van der Waals surface area contributed by atoms with Gasteiger partial charge in [0.2, 0.25) is 5.91 Å². The first-order chi connectivity index (χ1) is 12.6. The van der Waals surface area contributed by atoms with Crippen LogP contribution in [0.4, 0.5) is 0 Å². The Bertz CT molecular complexity index is 895. The van der Waals surface area contributed by atoms with Crippen molar-refractivity contribution in [1.82, 2.24) is 10.3 Å². The molecule has 26 heavy (non-hydrogen) atoms. The van der Waals surface area contributed by atoms with E-state index in [0.29, 0.717) is 13.2 Å². The van der Waals surface area contributed by atoms with Gasteiger partial charge >= 0.3 is 0 Å². The first-order valence-corrected chi connectivity index (χ1v) is 10.00. The molecule has 3 aromatic rings. The van der Waals surface area contributed by atoms with Crippen molar-refractivity contribution in [3.05, 3.63) is 69.6 Å². The molecule has 0 aliphatic carbocycles. The van der Waals surface area contributed by atoms with Gasteiger partial charge in [0.15, 0.2) is 0 Å². The molecule has 134 valence electrons. The van der Waals surface area contributed by atoms with Crippen molar-refractivity contribution < 1.29 is 9.53 Å². The fourth-order valence-corrected chi connectivity index (χ4v) is 3.70. The number of benzene rings is 2. The van der Waals surface area contributed by atoms with Crippen molar-refractivity contribution >= 4 is 33.2 Å². The number of rotatable bonds is 7. The summed E-state index contributed by atoms with van der Waals surface area (Å²) in [7, 11) is 0. The molecule has 0 aliphatic heterocycles. The SMILES string of the molecule is CCOc1cccc(CNC(=O)Cc2csc(-c3cccc(Br)c3)n2)c1. The van der Waals surface area contributed by atoms with Gasteiger partial charge in [-0.05, 0) is 36.8 Å². The molecule has 1 N–H and O–H groups in total. The molecule has 2 aromatic carbocycles. The molecule has 0 bridgehead atoms. The van der Waals surface area contributed by atoms with Gasteiger partial charge in [0.25, 0.3) is 0 Å². The van der Waals surface area contributed by atoms with Crippen LogP contribution in [-0.4, -0.2) is 17.5 Å². The van der Waals surface area contributed by atoms with Crippen LogP contribution in [0, 0.1) is 0 Å². The topological polar surface area (TPSA) is 51.2 Å². The zero-order chi connectivity index (χ0) is 18.4. The van der Waals surface area contributed by atoms with Crippen LogP contribution >= 0.6 is 27.3 Å². The first kappa shape index (κ1) is 18.6. The average Bonchev–Trinajstić information content (AvgIpc) is 3.09. The predicted molar refractivity (Wildman–Crippen MR) is 108 cm³/mol. The van der Waals surface area contributed by atoms with Crippen LogP contribution < -0.4 is 10.1 Å². The summed E-state index contributed by atoms with van der Waals surface area (Å²) in [5.74, 6) is 0.773. The predicted octanol–water partition coefficient (Wildman–Crippen LogP) is 4.83. The second-order valence-electron chi connectivity index (χ2n) is 5.69. The molecule has 0 fully saturated rings. The van der Waals surface area contributed by atoms with Crippen LogP contribution in [0.15, 0.2) is 58.4 Å². The van der Waals surface area contributed by atoms with Crippen molar-refractivity contribution in [2.24, 2.45) is 0 Å². The van der Waals surface area contributed by atoms with E-state index in [4.69, 9.17) is 4.74 Å². The van der Waals surface area contributed by atoms with Gasteiger partial charge in [-0.2, -0.15) is 0 Å². The molecule has 6 heteroatoms. The van der Waals surface area contributed by atoms with E-state index in [1.807, 2.05) is 60.8 Å². The highest BCUT2D eigenvalue weighted by Crippen LogP contribution is 2.26. The normalized spacial score (nSPS) is 10.5. The Morgan fingerprint density at radius 1 is 1.23 bits per heavy atom. The third kappa shape index (κ3) is 5.16. The number of nitrogens with zero attached hydrogens (tertiary/aromatic N) is 1. The third-order valence-corrected chi connectivity index (χ3v) is 5.10. The molecule has 4 nitrogen and oxygen atoms in total. The number of halogens is 1. The Balaban J connectivity index is 1.56. The van der Waals surface area contributed by atoms with Crippen molar-refractivity contribution in [2.75, 3.05) is 6.61 Å². The van der Waals surface area contributed by atoms with E-state index in [2.05, 4.69) is 26.2 Å². The molecule has 0 atom stereocenters. The highest BCUT2D eigenvalue weighted by atomic mass is 79.9. The van der Waals surface area contributed by atoms with Gasteiger partial charge < -0.3 is 10.1 Å². The maximum Gasteiger partial charge on any atom is 0.226 e. The van der Waals surface area contributed by atoms with E-state index in [1.165, 1.54) is 0 Å². The minimum atomic E-state index is -0.0436. The van der Waals surface area contributed by atoms with Crippen LogP contribution in [-0.2, 0) is 17.8 Å². The number of hydrogen-bond acceptors (Lipinski definition) is 4. The summed E-state index contributed by atoms with van der Waals surface area (Å²) in [5, 5.41) is 5.79. The molecule has 0 radical (unpaired) electrons. The van der Waals surface area contributed by atoms with Gasteiger partial charge in [0.1, 0.15) is 10.8 Å². The highest BCUT2D eigenvalue weighted by Gasteiger charge is 2.09. The summed E-state index contributed by atoms with van der Waals surface area (Å²) in [6.45, 7) is 3.05. The lowest BCUT2D eigenvalue weighted by molar-refractivity contribution is -0.120. The number of hydrogen-bond donors (Lipinski definition) is 1. The fourth-order valence-electron chi connectivity index (χ4n) is 2.48. The van der Waals surface area contributed by atoms with E-state index >= 15 is 0 Å². The van der Waals surface area contributed by atoms with E-state index < -0.39 is 0 Å². The molecule has 1 amide bonds. The molecular weight excluding hydrogens is 412 g/mol. The van der Waals surface area contributed by atoms with Gasteiger partial charge in [-0.3, -0.25) is 4.79 Å². The Morgan fingerprint density at radius 2 is 2.08 bits per heavy atom. The Hall–Kier alpha value is -2.18. The van der Waals surface area contributed by atoms with E-state index in [9.17, 15) is 4.79 Å². The second-order valence-corrected chi connectivity index (χ2v) is 7.46. The number of aromatic nitrogens is 1. The smallest absolute Gasteiger partial charge is 0.226 e. The van der Waals surface area contributed by atoms with Crippen LogP contribution in [0.2, 0.25) is 0 Å². The van der Waals surface area contributed by atoms with Crippen molar-refractivity contribution in [3.63, 3.8) is 0 Å². The summed E-state index contributed by atoms with van der Waals surface area (Å²) in [6, 6.07) is 15.7. The number of carbonyl (C=O) groups is 1. The number of ether oxygens (including phenoxy) is 1. The third-order valence-electron chi connectivity index (χ3n) is 3.66. The Morgan fingerprint density at radius 3 is 2.88 bits per heavy atom. The maximum absolute atomic E-state index is 12.2. The molecule has 0 unspecified atom stereocenters. The number of thiazole rings is 1. The fraction of sp³-hybridized carbons (Fsp3) is 0.200. The minimum Gasteiger partial charge on any atom is -0.494 e. The summed E-state index contributed by atoms with van der Waals surface area (Å²) in [4.78, 5) is 16.8. The van der Waals surface area contributed by atoms with Gasteiger partial charge in [-0.15, -0.1) is 11.3 Å². The molecule has 0 saturated heterocycles. The molecule has 0 spiro atoms. The summed E-state index contributed by atoms with van der Waals surface area (Å²) >= 11 is 5.01. The minimum absolute atomic E-state index is 0.0436. The van der Waals surface area contributed by atoms with Crippen LogP contribution in [0.1, 0.15) is 18.2 Å². The second kappa shape index (κ2) is 8.96. The zero-order valence-corrected chi connectivity index (χ0v) is 16.8. The largest absolute Gasteiger partial charge is 0.494 e. The van der Waals surface area contributed by atoms with Gasteiger partial charge in [0.05, 0.1) is 18.7 Å². The van der Waals surface area contributed by atoms with E-state index in [0.717, 1.165) is 32.1 Å². The van der Waals surface area contributed by atoms with E-state index in [-0.39, 0.29) is 12.3 Å². The molecule has 3 rings (SSSR count). The number of carbonyl (C=O) groups excluding carboxylic acids is 1. The monoisotopic (exact) mass is 430 g/mol. The van der Waals surface area contributed by atoms with Gasteiger partial charge in [-0.1, -0.05) is 40.2 Å². The number of nitrogens with one attached hydrogen (secondary N) is 1. The Kier molecular flexibility index (Phi) is 6.41.